The number of aliphatic hydroxyl groups excluding tert-OH is 1. The molecule has 4 heteroatoms. The molecule has 0 rings (SSSR count). The molecule has 2 N–H and O–H groups in total. The van der Waals surface area contributed by atoms with Crippen LogP contribution in [0.15, 0.2) is 0 Å². The van der Waals surface area contributed by atoms with E-state index in [0.29, 0.717) is 19.1 Å². The molecule has 108 valence electrons. The number of aliphatic hydroxyl groups is 1. The van der Waals surface area contributed by atoms with Crippen LogP contribution in [0.25, 0.3) is 0 Å². The summed E-state index contributed by atoms with van der Waals surface area (Å²) in [6.07, 6.45) is 4.10. The first-order valence-electron chi connectivity index (χ1n) is 7.23. The molecule has 18 heavy (non-hydrogen) atoms. The van der Waals surface area contributed by atoms with Crippen LogP contribution in [0, 0.1) is 0 Å². The number of nitrogens with one attached hydrogen (secondary N) is 1. The highest BCUT2D eigenvalue weighted by molar-refractivity contribution is 5.78. The van der Waals surface area contributed by atoms with Gasteiger partial charge in [0.1, 0.15) is 0 Å². The summed E-state index contributed by atoms with van der Waals surface area (Å²) in [6, 6.07) is 0.615. The van der Waals surface area contributed by atoms with Gasteiger partial charge in [0, 0.05) is 18.6 Å². The van der Waals surface area contributed by atoms with Gasteiger partial charge in [-0.1, -0.05) is 27.2 Å². The van der Waals surface area contributed by atoms with Gasteiger partial charge in [0.05, 0.1) is 13.2 Å². The molecule has 4 nitrogen and oxygen atoms in total. The second kappa shape index (κ2) is 10.3. The Bertz CT molecular complexity index is 218. The fourth-order valence-corrected chi connectivity index (χ4v) is 2.33. The van der Waals surface area contributed by atoms with Crippen LogP contribution in [-0.4, -0.2) is 47.7 Å². The first-order valence-corrected chi connectivity index (χ1v) is 7.23. The fourth-order valence-electron chi connectivity index (χ4n) is 2.33. The van der Waals surface area contributed by atoms with Crippen molar-refractivity contribution < 1.29 is 9.90 Å². The zero-order valence-corrected chi connectivity index (χ0v) is 12.4. The van der Waals surface area contributed by atoms with Gasteiger partial charge < -0.3 is 10.4 Å². The summed E-state index contributed by atoms with van der Waals surface area (Å²) in [5, 5.41) is 12.1. The summed E-state index contributed by atoms with van der Waals surface area (Å²) < 4.78 is 0. The lowest BCUT2D eigenvalue weighted by atomic mass is 10.1. The molecule has 1 unspecified atom stereocenters. The maximum atomic E-state index is 11.9. The third-order valence-corrected chi connectivity index (χ3v) is 3.32. The van der Waals surface area contributed by atoms with Gasteiger partial charge in [-0.05, 0) is 26.2 Å². The Hall–Kier alpha value is -0.610. The number of hydrogen-bond acceptors (Lipinski definition) is 3. The lowest BCUT2D eigenvalue weighted by Crippen LogP contribution is -2.45. The summed E-state index contributed by atoms with van der Waals surface area (Å²) in [4.78, 5) is 14.0. The fraction of sp³-hybridized carbons (Fsp3) is 0.929. The van der Waals surface area contributed by atoms with E-state index in [4.69, 9.17) is 5.11 Å². The van der Waals surface area contributed by atoms with E-state index in [1.54, 1.807) is 0 Å². The van der Waals surface area contributed by atoms with Gasteiger partial charge >= 0.3 is 0 Å². The summed E-state index contributed by atoms with van der Waals surface area (Å²) in [6.45, 7) is 9.46. The minimum Gasteiger partial charge on any atom is -0.395 e. The molecule has 0 radical (unpaired) electrons. The lowest BCUT2D eigenvalue weighted by Gasteiger charge is -2.29. The number of hydrogen-bond donors (Lipinski definition) is 2. The number of nitrogens with zero attached hydrogens (tertiary/aromatic N) is 1. The number of carbonyl (C=O) groups excluding carboxylic acids is 1. The molecule has 1 atom stereocenters. The highest BCUT2D eigenvalue weighted by atomic mass is 16.3. The molecular formula is C14H30N2O2. The molecule has 0 aliphatic carbocycles. The van der Waals surface area contributed by atoms with E-state index in [-0.39, 0.29) is 18.6 Å². The predicted molar refractivity (Wildman–Crippen MR) is 75.5 cm³/mol. The molecule has 0 aromatic heterocycles. The maximum Gasteiger partial charge on any atom is 0.234 e. The second-order valence-corrected chi connectivity index (χ2v) is 4.92. The Kier molecular flexibility index (Phi) is 9.98. The van der Waals surface area contributed by atoms with Crippen LogP contribution in [0.5, 0.6) is 0 Å². The van der Waals surface area contributed by atoms with Crippen molar-refractivity contribution in [1.82, 2.24) is 10.2 Å². The molecule has 0 spiro atoms. The van der Waals surface area contributed by atoms with Gasteiger partial charge in [0.25, 0.3) is 0 Å². The van der Waals surface area contributed by atoms with Crippen molar-refractivity contribution in [2.45, 2.75) is 65.5 Å². The van der Waals surface area contributed by atoms with E-state index in [2.05, 4.69) is 31.0 Å². The van der Waals surface area contributed by atoms with E-state index in [1.165, 1.54) is 0 Å². The number of carbonyl (C=O) groups is 1. The van der Waals surface area contributed by atoms with Crippen molar-refractivity contribution in [1.29, 1.82) is 0 Å². The minimum atomic E-state index is 0.0660. The molecule has 0 fully saturated rings. The molecule has 0 heterocycles. The van der Waals surface area contributed by atoms with Crippen LogP contribution in [0.4, 0.5) is 0 Å². The molecule has 0 aliphatic heterocycles. The van der Waals surface area contributed by atoms with Crippen molar-refractivity contribution in [3.8, 4) is 0 Å². The topological polar surface area (TPSA) is 52.6 Å². The predicted octanol–water partition coefficient (Wildman–Crippen LogP) is 1.77. The Morgan fingerprint density at radius 3 is 2.33 bits per heavy atom. The summed E-state index contributed by atoms with van der Waals surface area (Å²) in [7, 11) is 0. The van der Waals surface area contributed by atoms with Crippen LogP contribution < -0.4 is 5.32 Å². The van der Waals surface area contributed by atoms with Gasteiger partial charge in [-0.15, -0.1) is 0 Å². The smallest absolute Gasteiger partial charge is 0.234 e. The van der Waals surface area contributed by atoms with E-state index in [9.17, 15) is 4.79 Å². The molecule has 0 bridgehead atoms. The van der Waals surface area contributed by atoms with Gasteiger partial charge in [0.2, 0.25) is 5.91 Å². The van der Waals surface area contributed by atoms with Crippen LogP contribution in [0.3, 0.4) is 0 Å². The SMILES string of the molecule is CCCC(C)NC(=O)CN(CCO)C(CC)CC. The zero-order valence-electron chi connectivity index (χ0n) is 12.4. The molecule has 0 saturated heterocycles. The maximum absolute atomic E-state index is 11.9. The van der Waals surface area contributed by atoms with Gasteiger partial charge in [-0.3, -0.25) is 9.69 Å². The largest absolute Gasteiger partial charge is 0.395 e. The standard InChI is InChI=1S/C14H30N2O2/c1-5-8-12(4)15-14(18)11-16(9-10-17)13(6-2)7-3/h12-13,17H,5-11H2,1-4H3,(H,15,18). The summed E-state index contributed by atoms with van der Waals surface area (Å²) in [5.74, 6) is 0.0660. The molecular weight excluding hydrogens is 228 g/mol. The third-order valence-electron chi connectivity index (χ3n) is 3.32. The van der Waals surface area contributed by atoms with E-state index in [1.807, 2.05) is 6.92 Å². The van der Waals surface area contributed by atoms with Crippen molar-refractivity contribution in [3.63, 3.8) is 0 Å². The summed E-state index contributed by atoms with van der Waals surface area (Å²) >= 11 is 0. The minimum absolute atomic E-state index is 0.0660. The normalized spacial score (nSPS) is 13.1. The molecule has 0 aromatic rings. The van der Waals surface area contributed by atoms with Crippen molar-refractivity contribution in [2.24, 2.45) is 0 Å². The van der Waals surface area contributed by atoms with Crippen molar-refractivity contribution >= 4 is 5.91 Å². The van der Waals surface area contributed by atoms with Crippen LogP contribution in [0.2, 0.25) is 0 Å². The number of amides is 1. The quantitative estimate of drug-likeness (QED) is 0.628. The monoisotopic (exact) mass is 258 g/mol. The van der Waals surface area contributed by atoms with E-state index >= 15 is 0 Å². The van der Waals surface area contributed by atoms with Crippen molar-refractivity contribution in [2.75, 3.05) is 19.7 Å². The lowest BCUT2D eigenvalue weighted by molar-refractivity contribution is -0.123. The Morgan fingerprint density at radius 1 is 1.28 bits per heavy atom. The third kappa shape index (κ3) is 6.97. The number of rotatable bonds is 10. The Balaban J connectivity index is 4.26. The van der Waals surface area contributed by atoms with Gasteiger partial charge in [0.15, 0.2) is 0 Å². The first kappa shape index (κ1) is 17.4. The molecule has 0 aromatic carbocycles. The highest BCUT2D eigenvalue weighted by Gasteiger charge is 2.18. The average Bonchev–Trinajstić information content (AvgIpc) is 2.30. The van der Waals surface area contributed by atoms with Crippen LogP contribution in [-0.2, 0) is 4.79 Å². The van der Waals surface area contributed by atoms with Gasteiger partial charge in [-0.25, -0.2) is 0 Å². The Morgan fingerprint density at radius 2 is 1.89 bits per heavy atom. The second-order valence-electron chi connectivity index (χ2n) is 4.92. The molecule has 0 aliphatic rings. The molecule has 1 amide bonds. The Labute approximate surface area is 112 Å². The van der Waals surface area contributed by atoms with Crippen LogP contribution >= 0.6 is 0 Å². The first-order chi connectivity index (χ1) is 8.58. The van der Waals surface area contributed by atoms with E-state index in [0.717, 1.165) is 25.7 Å². The average molecular weight is 258 g/mol. The highest BCUT2D eigenvalue weighted by Crippen LogP contribution is 2.07. The zero-order chi connectivity index (χ0) is 14.0. The van der Waals surface area contributed by atoms with E-state index < -0.39 is 0 Å². The summed E-state index contributed by atoms with van der Waals surface area (Å²) in [5.41, 5.74) is 0. The van der Waals surface area contributed by atoms with Crippen molar-refractivity contribution in [3.05, 3.63) is 0 Å². The molecule has 0 saturated carbocycles. The van der Waals surface area contributed by atoms with Gasteiger partial charge in [-0.2, -0.15) is 0 Å². The van der Waals surface area contributed by atoms with Crippen LogP contribution in [0.1, 0.15) is 53.4 Å².